The normalized spacial score (nSPS) is 10.4. The fraction of sp³-hybridized carbons (Fsp3) is 0. The Balaban J connectivity index is 2.44. The van der Waals surface area contributed by atoms with E-state index in [0.29, 0.717) is 4.47 Å². The highest BCUT2D eigenvalue weighted by Crippen LogP contribution is 2.34. The summed E-state index contributed by atoms with van der Waals surface area (Å²) in [4.78, 5) is -0.102. The maximum atomic E-state index is 13.9. The molecule has 2 nitrogen and oxygen atoms in total. The first-order chi connectivity index (χ1) is 9.38. The van der Waals surface area contributed by atoms with Crippen molar-refractivity contribution >= 4 is 44.7 Å². The maximum absolute atomic E-state index is 13.9. The SMILES string of the molecule is NC(=S)c1cc(F)c(Oc2cc(Br)ccc2Cl)c(F)c1. The van der Waals surface area contributed by atoms with E-state index in [2.05, 4.69) is 28.1 Å². The van der Waals surface area contributed by atoms with Crippen LogP contribution in [0.3, 0.4) is 0 Å². The van der Waals surface area contributed by atoms with E-state index in [4.69, 9.17) is 22.1 Å². The van der Waals surface area contributed by atoms with Gasteiger partial charge >= 0.3 is 0 Å². The Labute approximate surface area is 132 Å². The molecule has 0 fully saturated rings. The standard InChI is InChI=1S/C13H7BrClF2NOS/c14-7-1-2-8(15)11(5-7)19-12-9(16)3-6(13(18)20)4-10(12)17/h1-5H,(H2,18,20). The summed E-state index contributed by atoms with van der Waals surface area (Å²) >= 11 is 13.8. The highest BCUT2D eigenvalue weighted by Gasteiger charge is 2.16. The molecule has 0 aliphatic carbocycles. The Kier molecular flexibility index (Phi) is 4.57. The minimum Gasteiger partial charge on any atom is -0.450 e. The summed E-state index contributed by atoms with van der Waals surface area (Å²) in [5, 5.41) is 0.227. The number of benzene rings is 2. The van der Waals surface area contributed by atoms with Gasteiger partial charge in [0.2, 0.25) is 0 Å². The minimum atomic E-state index is -0.913. The topological polar surface area (TPSA) is 35.2 Å². The summed E-state index contributed by atoms with van der Waals surface area (Å²) in [6, 6.07) is 6.74. The molecule has 0 aliphatic heterocycles. The molecule has 2 rings (SSSR count). The third-order valence-corrected chi connectivity index (χ3v) is 3.43. The fourth-order valence-electron chi connectivity index (χ4n) is 1.47. The lowest BCUT2D eigenvalue weighted by molar-refractivity contribution is 0.407. The van der Waals surface area contributed by atoms with Gasteiger partial charge in [-0.05, 0) is 30.3 Å². The molecule has 0 saturated carbocycles. The number of halogens is 4. The van der Waals surface area contributed by atoms with Crippen molar-refractivity contribution < 1.29 is 13.5 Å². The second kappa shape index (κ2) is 6.03. The first kappa shape index (κ1) is 15.2. The summed E-state index contributed by atoms with van der Waals surface area (Å²) in [6.07, 6.45) is 0. The van der Waals surface area contributed by atoms with Crippen molar-refractivity contribution in [2.75, 3.05) is 0 Å². The van der Waals surface area contributed by atoms with Gasteiger partial charge in [0.05, 0.1) is 5.02 Å². The number of thiocarbonyl (C=S) groups is 1. The molecule has 0 spiro atoms. The van der Waals surface area contributed by atoms with E-state index < -0.39 is 17.4 Å². The van der Waals surface area contributed by atoms with Gasteiger partial charge in [-0.3, -0.25) is 0 Å². The zero-order valence-electron chi connectivity index (χ0n) is 9.79. The lowest BCUT2D eigenvalue weighted by Gasteiger charge is -2.11. The molecule has 2 aromatic rings. The zero-order chi connectivity index (χ0) is 14.9. The summed E-state index contributed by atoms with van der Waals surface area (Å²) in [5.41, 5.74) is 5.41. The molecule has 0 aliphatic rings. The molecular formula is C13H7BrClF2NOS. The van der Waals surface area contributed by atoms with Gasteiger partial charge in [0.25, 0.3) is 0 Å². The van der Waals surface area contributed by atoms with Gasteiger partial charge < -0.3 is 10.5 Å². The smallest absolute Gasteiger partial charge is 0.198 e. The van der Waals surface area contributed by atoms with Gasteiger partial charge in [0.1, 0.15) is 10.7 Å². The van der Waals surface area contributed by atoms with Crippen molar-refractivity contribution in [3.8, 4) is 11.5 Å². The molecule has 0 atom stereocenters. The van der Waals surface area contributed by atoms with Crippen LogP contribution in [0, 0.1) is 11.6 Å². The van der Waals surface area contributed by atoms with Crippen LogP contribution in [-0.2, 0) is 0 Å². The number of hydrogen-bond donors (Lipinski definition) is 1. The summed E-state index contributed by atoms with van der Waals surface area (Å²) in [6.45, 7) is 0. The Morgan fingerprint density at radius 1 is 1.20 bits per heavy atom. The Bertz CT molecular complexity index is 673. The molecule has 0 unspecified atom stereocenters. The molecule has 2 aromatic carbocycles. The molecule has 0 radical (unpaired) electrons. The molecule has 0 heterocycles. The summed E-state index contributed by atoms with van der Waals surface area (Å²) < 4.78 is 33.6. The monoisotopic (exact) mass is 377 g/mol. The van der Waals surface area contributed by atoms with Gasteiger partial charge in [-0.1, -0.05) is 39.7 Å². The van der Waals surface area contributed by atoms with E-state index >= 15 is 0 Å². The van der Waals surface area contributed by atoms with Crippen LogP contribution in [-0.4, -0.2) is 4.99 Å². The first-order valence-corrected chi connectivity index (χ1v) is 6.88. The van der Waals surface area contributed by atoms with Gasteiger partial charge in [-0.15, -0.1) is 0 Å². The molecule has 0 saturated heterocycles. The largest absolute Gasteiger partial charge is 0.450 e. The number of hydrogen-bond acceptors (Lipinski definition) is 2. The van der Waals surface area contributed by atoms with E-state index in [9.17, 15) is 8.78 Å². The summed E-state index contributed by atoms with van der Waals surface area (Å²) in [7, 11) is 0. The van der Waals surface area contributed by atoms with Gasteiger partial charge in [0, 0.05) is 10.0 Å². The Hall–Kier alpha value is -1.24. The van der Waals surface area contributed by atoms with Crippen molar-refractivity contribution in [3.63, 3.8) is 0 Å². The van der Waals surface area contributed by atoms with Crippen molar-refractivity contribution in [3.05, 3.63) is 57.0 Å². The van der Waals surface area contributed by atoms with E-state index in [1.165, 1.54) is 6.07 Å². The molecule has 0 aromatic heterocycles. The van der Waals surface area contributed by atoms with Gasteiger partial charge in [0.15, 0.2) is 17.4 Å². The van der Waals surface area contributed by atoms with E-state index in [-0.39, 0.29) is 21.3 Å². The molecular weight excluding hydrogens is 372 g/mol. The molecule has 0 bridgehead atoms. The summed E-state index contributed by atoms with van der Waals surface area (Å²) in [5.74, 6) is -2.26. The van der Waals surface area contributed by atoms with Crippen LogP contribution in [0.15, 0.2) is 34.8 Å². The molecule has 104 valence electrons. The highest BCUT2D eigenvalue weighted by molar-refractivity contribution is 9.10. The van der Waals surface area contributed by atoms with Crippen LogP contribution in [0.1, 0.15) is 5.56 Å². The van der Waals surface area contributed by atoms with Crippen LogP contribution in [0.2, 0.25) is 5.02 Å². The van der Waals surface area contributed by atoms with Crippen molar-refractivity contribution in [2.24, 2.45) is 5.73 Å². The quantitative estimate of drug-likeness (QED) is 0.779. The lowest BCUT2D eigenvalue weighted by Crippen LogP contribution is -2.10. The average Bonchev–Trinajstić information content (AvgIpc) is 2.37. The van der Waals surface area contributed by atoms with Gasteiger partial charge in [-0.25, -0.2) is 8.78 Å². The van der Waals surface area contributed by atoms with Crippen LogP contribution < -0.4 is 10.5 Å². The van der Waals surface area contributed by atoms with Crippen molar-refractivity contribution in [2.45, 2.75) is 0 Å². The average molecular weight is 379 g/mol. The molecule has 7 heteroatoms. The second-order valence-corrected chi connectivity index (χ2v) is 5.57. The van der Waals surface area contributed by atoms with E-state index in [1.54, 1.807) is 12.1 Å². The molecule has 2 N–H and O–H groups in total. The van der Waals surface area contributed by atoms with Crippen LogP contribution >= 0.6 is 39.7 Å². The predicted molar refractivity (Wildman–Crippen MR) is 81.5 cm³/mol. The van der Waals surface area contributed by atoms with Crippen molar-refractivity contribution in [1.29, 1.82) is 0 Å². The maximum Gasteiger partial charge on any atom is 0.198 e. The number of rotatable bonds is 3. The predicted octanol–water partition coefficient (Wildman–Crippen LogP) is 4.81. The third kappa shape index (κ3) is 3.26. The Morgan fingerprint density at radius 2 is 1.80 bits per heavy atom. The third-order valence-electron chi connectivity index (χ3n) is 2.39. The highest BCUT2D eigenvalue weighted by atomic mass is 79.9. The fourth-order valence-corrected chi connectivity index (χ4v) is 2.08. The molecule has 0 amide bonds. The zero-order valence-corrected chi connectivity index (χ0v) is 13.0. The van der Waals surface area contributed by atoms with E-state index in [0.717, 1.165) is 12.1 Å². The van der Waals surface area contributed by atoms with Crippen molar-refractivity contribution in [1.82, 2.24) is 0 Å². The van der Waals surface area contributed by atoms with Crippen LogP contribution in [0.4, 0.5) is 8.78 Å². The number of nitrogens with two attached hydrogens (primary N) is 1. The second-order valence-electron chi connectivity index (χ2n) is 3.81. The lowest BCUT2D eigenvalue weighted by atomic mass is 10.2. The van der Waals surface area contributed by atoms with Crippen LogP contribution in [0.25, 0.3) is 0 Å². The molecule has 20 heavy (non-hydrogen) atoms. The van der Waals surface area contributed by atoms with Gasteiger partial charge in [-0.2, -0.15) is 0 Å². The first-order valence-electron chi connectivity index (χ1n) is 5.30. The van der Waals surface area contributed by atoms with E-state index in [1.807, 2.05) is 0 Å². The van der Waals surface area contributed by atoms with Crippen LogP contribution in [0.5, 0.6) is 11.5 Å². The minimum absolute atomic E-state index is 0.0858. The number of ether oxygens (including phenoxy) is 1. The Morgan fingerprint density at radius 3 is 2.35 bits per heavy atom.